The van der Waals surface area contributed by atoms with Gasteiger partial charge >= 0.3 is 12.0 Å². The Labute approximate surface area is 119 Å². The van der Waals surface area contributed by atoms with Crippen molar-refractivity contribution in [2.24, 2.45) is 0 Å². The second kappa shape index (κ2) is 6.38. The Morgan fingerprint density at radius 2 is 2.35 bits per heavy atom. The first-order chi connectivity index (χ1) is 9.58. The highest BCUT2D eigenvalue weighted by Gasteiger charge is 2.34. The Morgan fingerprint density at radius 1 is 1.55 bits per heavy atom. The molecule has 2 heterocycles. The van der Waals surface area contributed by atoms with Gasteiger partial charge in [0.05, 0.1) is 6.42 Å². The Hall–Kier alpha value is -2.09. The Morgan fingerprint density at radius 3 is 3.00 bits per heavy atom. The fourth-order valence-electron chi connectivity index (χ4n) is 2.00. The smallest absolute Gasteiger partial charge is 0.318 e. The molecule has 1 aliphatic rings. The number of hydrogen-bond donors (Lipinski definition) is 3. The van der Waals surface area contributed by atoms with Gasteiger partial charge in [-0.05, 0) is 22.4 Å². The molecular formula is C12H15N3O4S. The van der Waals surface area contributed by atoms with Crippen LogP contribution in [0.4, 0.5) is 4.79 Å². The summed E-state index contributed by atoms with van der Waals surface area (Å²) >= 11 is 1.53. The summed E-state index contributed by atoms with van der Waals surface area (Å²) in [5.41, 5.74) is 0.972. The molecular weight excluding hydrogens is 282 g/mol. The number of carbonyl (C=O) groups excluding carboxylic acids is 2. The third-order valence-corrected chi connectivity index (χ3v) is 3.72. The maximum Gasteiger partial charge on any atom is 0.318 e. The molecule has 0 aliphatic carbocycles. The number of rotatable bonds is 4. The molecule has 1 saturated heterocycles. The first-order valence-electron chi connectivity index (χ1n) is 6.13. The lowest BCUT2D eigenvalue weighted by Gasteiger charge is -2.34. The van der Waals surface area contributed by atoms with Gasteiger partial charge in [-0.15, -0.1) is 0 Å². The third-order valence-electron chi connectivity index (χ3n) is 2.98. The van der Waals surface area contributed by atoms with Crippen LogP contribution in [-0.4, -0.2) is 47.0 Å². The van der Waals surface area contributed by atoms with E-state index in [0.29, 0.717) is 19.6 Å². The summed E-state index contributed by atoms with van der Waals surface area (Å²) in [6.07, 6.45) is -0.391. The molecule has 3 N–H and O–H groups in total. The zero-order chi connectivity index (χ0) is 14.5. The van der Waals surface area contributed by atoms with Gasteiger partial charge < -0.3 is 20.6 Å². The van der Waals surface area contributed by atoms with Crippen LogP contribution < -0.4 is 10.6 Å². The van der Waals surface area contributed by atoms with E-state index in [1.807, 2.05) is 16.8 Å². The summed E-state index contributed by atoms with van der Waals surface area (Å²) in [6, 6.07) is 0.517. The number of carboxylic acid groups (broad SMARTS) is 1. The van der Waals surface area contributed by atoms with Crippen molar-refractivity contribution < 1.29 is 19.5 Å². The van der Waals surface area contributed by atoms with Crippen molar-refractivity contribution in [2.75, 3.05) is 13.1 Å². The minimum Gasteiger partial charge on any atom is -0.481 e. The second-order valence-corrected chi connectivity index (χ2v) is 5.17. The minimum absolute atomic E-state index is 0.305. The van der Waals surface area contributed by atoms with E-state index in [4.69, 9.17) is 5.11 Å². The van der Waals surface area contributed by atoms with E-state index < -0.39 is 30.4 Å². The quantitative estimate of drug-likeness (QED) is 0.741. The average Bonchev–Trinajstić information content (AvgIpc) is 2.91. The van der Waals surface area contributed by atoms with Crippen LogP contribution in [0, 0.1) is 0 Å². The third kappa shape index (κ3) is 3.47. The van der Waals surface area contributed by atoms with Gasteiger partial charge in [0, 0.05) is 19.6 Å². The molecule has 7 nitrogen and oxygen atoms in total. The summed E-state index contributed by atoms with van der Waals surface area (Å²) in [5, 5.41) is 17.9. The van der Waals surface area contributed by atoms with Gasteiger partial charge in [-0.3, -0.25) is 9.59 Å². The molecule has 8 heteroatoms. The van der Waals surface area contributed by atoms with Gasteiger partial charge in [0.15, 0.2) is 0 Å². The topological polar surface area (TPSA) is 98.7 Å². The van der Waals surface area contributed by atoms with Crippen molar-refractivity contribution >= 4 is 29.2 Å². The number of amides is 3. The fourth-order valence-corrected chi connectivity index (χ4v) is 2.67. The minimum atomic E-state index is -1.11. The predicted molar refractivity (Wildman–Crippen MR) is 72.3 cm³/mol. The lowest BCUT2D eigenvalue weighted by molar-refractivity contribution is -0.142. The van der Waals surface area contributed by atoms with Gasteiger partial charge in [-0.1, -0.05) is 0 Å². The van der Waals surface area contributed by atoms with Crippen LogP contribution in [0.25, 0.3) is 0 Å². The largest absolute Gasteiger partial charge is 0.481 e. The highest BCUT2D eigenvalue weighted by Crippen LogP contribution is 2.10. The van der Waals surface area contributed by atoms with Crippen LogP contribution in [0.1, 0.15) is 12.0 Å². The van der Waals surface area contributed by atoms with E-state index in [0.717, 1.165) is 5.56 Å². The average molecular weight is 297 g/mol. The summed E-state index contributed by atoms with van der Waals surface area (Å²) < 4.78 is 0. The van der Waals surface area contributed by atoms with Gasteiger partial charge in [0.1, 0.15) is 6.04 Å². The molecule has 1 aromatic rings. The SMILES string of the molecule is O=C(O)CC1C(=O)NCCN1C(=O)NCc1ccsc1. The molecule has 1 aliphatic heterocycles. The summed E-state index contributed by atoms with van der Waals surface area (Å²) in [5.74, 6) is -1.54. The van der Waals surface area contributed by atoms with Crippen molar-refractivity contribution in [3.63, 3.8) is 0 Å². The maximum atomic E-state index is 12.1. The molecule has 20 heavy (non-hydrogen) atoms. The number of nitrogens with zero attached hydrogens (tertiary/aromatic N) is 1. The first-order valence-corrected chi connectivity index (χ1v) is 7.07. The number of aliphatic carboxylic acids is 1. The molecule has 1 atom stereocenters. The maximum absolute atomic E-state index is 12.1. The van der Waals surface area contributed by atoms with Crippen molar-refractivity contribution in [3.8, 4) is 0 Å². The summed E-state index contributed by atoms with van der Waals surface area (Å²) in [7, 11) is 0. The van der Waals surface area contributed by atoms with Crippen molar-refractivity contribution in [2.45, 2.75) is 19.0 Å². The molecule has 2 rings (SSSR count). The first kappa shape index (κ1) is 14.3. The van der Waals surface area contributed by atoms with Crippen LogP contribution in [0.3, 0.4) is 0 Å². The fraction of sp³-hybridized carbons (Fsp3) is 0.417. The Balaban J connectivity index is 1.97. The number of piperazine rings is 1. The van der Waals surface area contributed by atoms with Crippen LogP contribution in [0.15, 0.2) is 16.8 Å². The van der Waals surface area contributed by atoms with Crippen LogP contribution in [0.5, 0.6) is 0 Å². The molecule has 3 amide bonds. The molecule has 0 saturated carbocycles. The Bertz CT molecular complexity index is 503. The van der Waals surface area contributed by atoms with E-state index >= 15 is 0 Å². The van der Waals surface area contributed by atoms with Gasteiger partial charge in [-0.25, -0.2) is 4.79 Å². The number of thiophene rings is 1. The summed E-state index contributed by atoms with van der Waals surface area (Å²) in [6.45, 7) is 1.00. The van der Waals surface area contributed by atoms with E-state index in [2.05, 4.69) is 10.6 Å². The zero-order valence-electron chi connectivity index (χ0n) is 10.7. The molecule has 0 spiro atoms. The van der Waals surface area contributed by atoms with Crippen LogP contribution >= 0.6 is 11.3 Å². The molecule has 1 aromatic heterocycles. The monoisotopic (exact) mass is 297 g/mol. The van der Waals surface area contributed by atoms with Gasteiger partial charge in [-0.2, -0.15) is 11.3 Å². The predicted octanol–water partition coefficient (Wildman–Crippen LogP) is 0.233. The van der Waals surface area contributed by atoms with Crippen molar-refractivity contribution in [1.82, 2.24) is 15.5 Å². The molecule has 108 valence electrons. The van der Waals surface area contributed by atoms with E-state index in [-0.39, 0.29) is 0 Å². The van der Waals surface area contributed by atoms with Crippen molar-refractivity contribution in [1.29, 1.82) is 0 Å². The highest BCUT2D eigenvalue weighted by molar-refractivity contribution is 7.07. The molecule has 1 unspecified atom stereocenters. The molecule has 1 fully saturated rings. The molecule has 0 bridgehead atoms. The number of hydrogen-bond acceptors (Lipinski definition) is 4. The van der Waals surface area contributed by atoms with Crippen molar-refractivity contribution in [3.05, 3.63) is 22.4 Å². The van der Waals surface area contributed by atoms with Gasteiger partial charge in [0.25, 0.3) is 0 Å². The number of carboxylic acids is 1. The molecule has 0 aromatic carbocycles. The lowest BCUT2D eigenvalue weighted by Crippen LogP contribution is -2.59. The van der Waals surface area contributed by atoms with E-state index in [1.165, 1.54) is 16.2 Å². The second-order valence-electron chi connectivity index (χ2n) is 4.39. The lowest BCUT2D eigenvalue weighted by atomic mass is 10.1. The van der Waals surface area contributed by atoms with E-state index in [9.17, 15) is 14.4 Å². The number of carbonyl (C=O) groups is 3. The van der Waals surface area contributed by atoms with E-state index in [1.54, 1.807) is 0 Å². The summed E-state index contributed by atoms with van der Waals surface area (Å²) in [4.78, 5) is 35.8. The molecule has 0 radical (unpaired) electrons. The number of nitrogens with one attached hydrogen (secondary N) is 2. The van der Waals surface area contributed by atoms with Crippen LogP contribution in [0.2, 0.25) is 0 Å². The van der Waals surface area contributed by atoms with Crippen LogP contribution in [-0.2, 0) is 16.1 Å². The zero-order valence-corrected chi connectivity index (χ0v) is 11.5. The standard InChI is InChI=1S/C12H15N3O4S/c16-10(17)5-9-11(18)13-2-3-15(9)12(19)14-6-8-1-4-20-7-8/h1,4,7,9H,2-3,5-6H2,(H,13,18)(H,14,19)(H,16,17). The normalized spacial score (nSPS) is 18.5. The van der Waals surface area contributed by atoms with Gasteiger partial charge in [0.2, 0.25) is 5.91 Å². The number of urea groups is 1. The Kier molecular flexibility index (Phi) is 4.57. The highest BCUT2D eigenvalue weighted by atomic mass is 32.1.